The van der Waals surface area contributed by atoms with Gasteiger partial charge in [-0.25, -0.2) is 9.97 Å². The Bertz CT molecular complexity index is 1570. The second kappa shape index (κ2) is 8.11. The molecule has 0 saturated heterocycles. The summed E-state index contributed by atoms with van der Waals surface area (Å²) in [5.74, 6) is 0.754. The number of hydrogen-bond acceptors (Lipinski definition) is 3. The molecule has 0 amide bonds. The fourth-order valence-corrected chi connectivity index (χ4v) is 5.82. The fraction of sp³-hybridized carbons (Fsp3) is 0. The monoisotopic (exact) mass is 540 g/mol. The van der Waals surface area contributed by atoms with E-state index in [4.69, 9.17) is 9.97 Å². The summed E-state index contributed by atoms with van der Waals surface area (Å²) in [7, 11) is 0. The summed E-state index contributed by atoms with van der Waals surface area (Å²) >= 11 is 4.12. The minimum absolute atomic E-state index is 0.754. The molecule has 0 aliphatic rings. The highest BCUT2D eigenvalue weighted by Crippen LogP contribution is 2.39. The topological polar surface area (TPSA) is 25.8 Å². The standard InChI is InChI=1S/C28H17IN2S/c29-26-17-24(23-11-6-10-22-21-9-4-5-12-25(21)32-27(22)23)30-28(31-26)20-15-13-19(14-16-20)18-7-2-1-3-8-18/h1-17H. The molecule has 2 nitrogen and oxygen atoms in total. The minimum Gasteiger partial charge on any atom is -0.228 e. The Balaban J connectivity index is 1.46. The molecule has 0 aliphatic carbocycles. The zero-order chi connectivity index (χ0) is 21.5. The molecule has 0 fully saturated rings. The van der Waals surface area contributed by atoms with Gasteiger partial charge in [0.05, 0.1) is 5.69 Å². The Morgan fingerprint density at radius 2 is 1.28 bits per heavy atom. The largest absolute Gasteiger partial charge is 0.228 e. The zero-order valence-corrected chi connectivity index (χ0v) is 20.0. The average molecular weight is 540 g/mol. The van der Waals surface area contributed by atoms with Gasteiger partial charge in [0.2, 0.25) is 0 Å². The maximum atomic E-state index is 4.99. The third-order valence-corrected chi connectivity index (χ3v) is 7.40. The van der Waals surface area contributed by atoms with Crippen LogP contribution in [0.1, 0.15) is 0 Å². The maximum absolute atomic E-state index is 4.99. The van der Waals surface area contributed by atoms with Crippen LogP contribution in [0, 0.1) is 3.70 Å². The average Bonchev–Trinajstić information content (AvgIpc) is 3.23. The lowest BCUT2D eigenvalue weighted by molar-refractivity contribution is 1.15. The molecule has 6 aromatic rings. The quantitative estimate of drug-likeness (QED) is 0.166. The molecule has 4 heteroatoms. The van der Waals surface area contributed by atoms with Gasteiger partial charge in [0, 0.05) is 31.3 Å². The number of rotatable bonds is 3. The van der Waals surface area contributed by atoms with Crippen LogP contribution in [0.2, 0.25) is 0 Å². The van der Waals surface area contributed by atoms with Crippen molar-refractivity contribution < 1.29 is 0 Å². The summed E-state index contributed by atoms with van der Waals surface area (Å²) in [5, 5.41) is 2.58. The van der Waals surface area contributed by atoms with Crippen LogP contribution < -0.4 is 0 Å². The van der Waals surface area contributed by atoms with E-state index < -0.39 is 0 Å². The first kappa shape index (κ1) is 19.6. The van der Waals surface area contributed by atoms with E-state index in [0.717, 1.165) is 26.3 Å². The molecule has 0 saturated carbocycles. The Kier molecular flexibility index (Phi) is 4.97. The first-order chi connectivity index (χ1) is 15.8. The Morgan fingerprint density at radius 3 is 2.12 bits per heavy atom. The zero-order valence-electron chi connectivity index (χ0n) is 17.0. The number of aromatic nitrogens is 2. The van der Waals surface area contributed by atoms with Crippen molar-refractivity contribution in [2.24, 2.45) is 0 Å². The van der Waals surface area contributed by atoms with E-state index in [9.17, 15) is 0 Å². The van der Waals surface area contributed by atoms with Crippen molar-refractivity contribution in [2.75, 3.05) is 0 Å². The van der Waals surface area contributed by atoms with Crippen molar-refractivity contribution in [2.45, 2.75) is 0 Å². The predicted molar refractivity (Wildman–Crippen MR) is 144 cm³/mol. The van der Waals surface area contributed by atoms with Gasteiger partial charge in [-0.1, -0.05) is 91.0 Å². The predicted octanol–water partition coefficient (Wildman–Crippen LogP) is 8.45. The summed E-state index contributed by atoms with van der Waals surface area (Å²) in [4.78, 5) is 9.72. The molecule has 152 valence electrons. The lowest BCUT2D eigenvalue weighted by Gasteiger charge is -2.08. The van der Waals surface area contributed by atoms with Crippen molar-refractivity contribution in [1.82, 2.24) is 9.97 Å². The van der Waals surface area contributed by atoms with E-state index in [1.807, 2.05) is 17.4 Å². The van der Waals surface area contributed by atoms with Gasteiger partial charge in [-0.2, -0.15) is 0 Å². The van der Waals surface area contributed by atoms with Crippen LogP contribution in [0.25, 0.3) is 53.9 Å². The molecule has 0 atom stereocenters. The Morgan fingerprint density at radius 1 is 0.594 bits per heavy atom. The molecule has 6 rings (SSSR count). The van der Waals surface area contributed by atoms with Gasteiger partial charge in [-0.05, 0) is 45.9 Å². The number of thiophene rings is 1. The highest BCUT2D eigenvalue weighted by atomic mass is 127. The van der Waals surface area contributed by atoms with Gasteiger partial charge < -0.3 is 0 Å². The summed E-state index contributed by atoms with van der Waals surface area (Å²) in [6, 6.07) is 36.1. The molecule has 0 aliphatic heterocycles. The minimum atomic E-state index is 0.754. The van der Waals surface area contributed by atoms with Crippen LogP contribution in [0.15, 0.2) is 103 Å². The van der Waals surface area contributed by atoms with E-state index >= 15 is 0 Å². The number of fused-ring (bicyclic) bond motifs is 3. The second-order valence-corrected chi connectivity index (χ2v) is 9.78. The maximum Gasteiger partial charge on any atom is 0.160 e. The molecule has 2 heterocycles. The molecular weight excluding hydrogens is 523 g/mol. The van der Waals surface area contributed by atoms with Crippen LogP contribution in [-0.4, -0.2) is 9.97 Å². The van der Waals surface area contributed by atoms with Crippen molar-refractivity contribution in [3.8, 4) is 33.8 Å². The van der Waals surface area contributed by atoms with E-state index in [-0.39, 0.29) is 0 Å². The lowest BCUT2D eigenvalue weighted by Crippen LogP contribution is -1.95. The molecule has 4 aromatic carbocycles. The first-order valence-corrected chi connectivity index (χ1v) is 12.3. The van der Waals surface area contributed by atoms with Crippen molar-refractivity contribution in [3.63, 3.8) is 0 Å². The summed E-state index contributed by atoms with van der Waals surface area (Å²) in [5.41, 5.74) is 5.54. The van der Waals surface area contributed by atoms with E-state index in [2.05, 4.69) is 120 Å². The number of hydrogen-bond donors (Lipinski definition) is 0. The normalized spacial score (nSPS) is 11.3. The van der Waals surface area contributed by atoms with Crippen molar-refractivity contribution >= 4 is 54.1 Å². The molecule has 0 bridgehead atoms. The highest BCUT2D eigenvalue weighted by molar-refractivity contribution is 14.1. The van der Waals surface area contributed by atoms with Gasteiger partial charge in [0.15, 0.2) is 5.82 Å². The number of halogens is 1. The van der Waals surface area contributed by atoms with Crippen LogP contribution in [0.4, 0.5) is 0 Å². The third kappa shape index (κ3) is 3.49. The number of benzene rings is 4. The molecule has 0 unspecified atom stereocenters. The molecular formula is C28H17IN2S. The molecule has 2 aromatic heterocycles. The SMILES string of the molecule is Ic1cc(-c2cccc3c2sc2ccccc23)nc(-c2ccc(-c3ccccc3)cc2)n1. The molecule has 0 N–H and O–H groups in total. The fourth-order valence-electron chi connectivity index (χ4n) is 4.08. The smallest absolute Gasteiger partial charge is 0.160 e. The lowest BCUT2D eigenvalue weighted by atomic mass is 10.0. The first-order valence-electron chi connectivity index (χ1n) is 10.4. The van der Waals surface area contributed by atoms with Gasteiger partial charge in [0.25, 0.3) is 0 Å². The second-order valence-electron chi connectivity index (χ2n) is 7.62. The highest BCUT2D eigenvalue weighted by Gasteiger charge is 2.13. The summed E-state index contributed by atoms with van der Waals surface area (Å²) in [6.45, 7) is 0. The van der Waals surface area contributed by atoms with Crippen LogP contribution in [0.3, 0.4) is 0 Å². The van der Waals surface area contributed by atoms with E-state index in [1.54, 1.807) is 0 Å². The third-order valence-electron chi connectivity index (χ3n) is 5.63. The van der Waals surface area contributed by atoms with Gasteiger partial charge in [0.1, 0.15) is 3.70 Å². The van der Waals surface area contributed by atoms with E-state index in [0.29, 0.717) is 0 Å². The van der Waals surface area contributed by atoms with Crippen LogP contribution in [-0.2, 0) is 0 Å². The molecule has 0 radical (unpaired) electrons. The van der Waals surface area contributed by atoms with Crippen molar-refractivity contribution in [1.29, 1.82) is 0 Å². The Hall–Kier alpha value is -3.09. The molecule has 0 spiro atoms. The van der Waals surface area contributed by atoms with Crippen LogP contribution >= 0.6 is 33.9 Å². The van der Waals surface area contributed by atoms with Gasteiger partial charge in [-0.3, -0.25) is 0 Å². The van der Waals surface area contributed by atoms with Crippen LogP contribution in [0.5, 0.6) is 0 Å². The summed E-state index contributed by atoms with van der Waals surface area (Å²) < 4.78 is 3.51. The van der Waals surface area contributed by atoms with Gasteiger partial charge in [-0.15, -0.1) is 11.3 Å². The summed E-state index contributed by atoms with van der Waals surface area (Å²) in [6.07, 6.45) is 0. The van der Waals surface area contributed by atoms with E-state index in [1.165, 1.54) is 31.3 Å². The van der Waals surface area contributed by atoms with Gasteiger partial charge >= 0.3 is 0 Å². The Labute approximate surface area is 203 Å². The number of nitrogens with zero attached hydrogens (tertiary/aromatic N) is 2. The molecule has 32 heavy (non-hydrogen) atoms. The van der Waals surface area contributed by atoms with Crippen molar-refractivity contribution in [3.05, 3.63) is 107 Å².